The third-order valence-electron chi connectivity index (χ3n) is 2.64. The van der Waals surface area contributed by atoms with E-state index in [4.69, 9.17) is 9.84 Å². The largest absolute Gasteiger partial charge is 0.507 e. The van der Waals surface area contributed by atoms with Crippen LogP contribution in [0.3, 0.4) is 0 Å². The van der Waals surface area contributed by atoms with Crippen LogP contribution in [0, 0.1) is 0 Å². The van der Waals surface area contributed by atoms with Crippen molar-refractivity contribution in [3.05, 3.63) is 23.8 Å². The van der Waals surface area contributed by atoms with Gasteiger partial charge in [-0.1, -0.05) is 0 Å². The second-order valence-electron chi connectivity index (χ2n) is 4.28. The number of nitrogens with one attached hydrogen (secondary N) is 1. The summed E-state index contributed by atoms with van der Waals surface area (Å²) in [5.74, 6) is -1.95. The van der Waals surface area contributed by atoms with Gasteiger partial charge in [-0.3, -0.25) is 0 Å². The zero-order valence-electron chi connectivity index (χ0n) is 11.3. The molecule has 1 aromatic carbocycles. The number of aliphatic hydroxyl groups excluding tert-OH is 1. The number of rotatable bonds is 8. The molecule has 0 amide bonds. The highest BCUT2D eigenvalue weighted by Gasteiger charge is 2.18. The number of aliphatic hydroxyl groups is 1. The maximum atomic E-state index is 12.0. The van der Waals surface area contributed by atoms with E-state index in [2.05, 4.69) is 4.72 Å². The van der Waals surface area contributed by atoms with E-state index in [-0.39, 0.29) is 24.5 Å². The first-order valence-corrected chi connectivity index (χ1v) is 7.49. The molecule has 0 saturated heterocycles. The Hall–Kier alpha value is -1.68. The molecule has 4 N–H and O–H groups in total. The van der Waals surface area contributed by atoms with Gasteiger partial charge in [-0.25, -0.2) is 17.9 Å². The van der Waals surface area contributed by atoms with Crippen LogP contribution in [0.15, 0.2) is 23.1 Å². The number of hydrogen-bond acceptors (Lipinski definition) is 6. The van der Waals surface area contributed by atoms with Crippen LogP contribution in [-0.2, 0) is 14.8 Å². The van der Waals surface area contributed by atoms with E-state index in [9.17, 15) is 23.4 Å². The standard InChI is InChI=1S/C12H17NO7S/c1-20-7-8(14)4-5-13-21(18,19)9-2-3-11(15)10(6-9)12(16)17/h2-3,6,8,13-15H,4-5,7H2,1H3,(H,16,17). The molecule has 0 aliphatic heterocycles. The lowest BCUT2D eigenvalue weighted by atomic mass is 10.2. The average molecular weight is 319 g/mol. The van der Waals surface area contributed by atoms with Gasteiger partial charge in [0.1, 0.15) is 11.3 Å². The Morgan fingerprint density at radius 2 is 2.10 bits per heavy atom. The number of ether oxygens (including phenoxy) is 1. The minimum atomic E-state index is -3.92. The molecule has 0 aliphatic carbocycles. The van der Waals surface area contributed by atoms with Crippen molar-refractivity contribution in [2.45, 2.75) is 17.4 Å². The van der Waals surface area contributed by atoms with E-state index < -0.39 is 33.4 Å². The van der Waals surface area contributed by atoms with E-state index in [1.54, 1.807) is 0 Å². The van der Waals surface area contributed by atoms with Crippen molar-refractivity contribution in [2.75, 3.05) is 20.3 Å². The number of carbonyl (C=O) groups is 1. The SMILES string of the molecule is COCC(O)CCNS(=O)(=O)c1ccc(O)c(C(=O)O)c1. The van der Waals surface area contributed by atoms with Crippen LogP contribution in [0.25, 0.3) is 0 Å². The molecule has 0 saturated carbocycles. The molecule has 0 heterocycles. The van der Waals surface area contributed by atoms with Crippen molar-refractivity contribution in [1.82, 2.24) is 4.72 Å². The quantitative estimate of drug-likeness (QED) is 0.520. The van der Waals surface area contributed by atoms with Crippen molar-refractivity contribution >= 4 is 16.0 Å². The minimum absolute atomic E-state index is 0.0316. The molecule has 1 rings (SSSR count). The lowest BCUT2D eigenvalue weighted by Gasteiger charge is -2.11. The Balaban J connectivity index is 2.79. The molecule has 0 spiro atoms. The van der Waals surface area contributed by atoms with E-state index in [0.717, 1.165) is 18.2 Å². The van der Waals surface area contributed by atoms with Gasteiger partial charge in [-0.05, 0) is 24.6 Å². The van der Waals surface area contributed by atoms with E-state index >= 15 is 0 Å². The number of carboxylic acid groups (broad SMARTS) is 1. The number of sulfonamides is 1. The number of aromatic carboxylic acids is 1. The number of hydrogen-bond donors (Lipinski definition) is 4. The predicted octanol–water partition coefficient (Wildman–Crippen LogP) is -0.234. The molecule has 1 aromatic rings. The Bertz CT molecular complexity index is 600. The summed E-state index contributed by atoms with van der Waals surface area (Å²) in [5, 5.41) is 27.6. The molecule has 0 fully saturated rings. The number of carboxylic acids is 1. The molecular formula is C12H17NO7S. The topological polar surface area (TPSA) is 133 Å². The van der Waals surface area contributed by atoms with Crippen LogP contribution in [-0.4, -0.2) is 56.1 Å². The lowest BCUT2D eigenvalue weighted by molar-refractivity contribution is 0.0603. The van der Waals surface area contributed by atoms with E-state index in [1.807, 2.05) is 0 Å². The number of methoxy groups -OCH3 is 1. The fourth-order valence-corrected chi connectivity index (χ4v) is 2.65. The molecule has 1 atom stereocenters. The highest BCUT2D eigenvalue weighted by Crippen LogP contribution is 2.21. The van der Waals surface area contributed by atoms with Crippen LogP contribution in [0.4, 0.5) is 0 Å². The van der Waals surface area contributed by atoms with Crippen LogP contribution < -0.4 is 4.72 Å². The normalized spacial score (nSPS) is 13.0. The maximum absolute atomic E-state index is 12.0. The fraction of sp³-hybridized carbons (Fsp3) is 0.417. The molecule has 118 valence electrons. The van der Waals surface area contributed by atoms with E-state index in [0.29, 0.717) is 0 Å². The number of aromatic hydroxyl groups is 1. The molecule has 9 heteroatoms. The van der Waals surface area contributed by atoms with Gasteiger partial charge in [0.15, 0.2) is 0 Å². The summed E-state index contributed by atoms with van der Waals surface area (Å²) >= 11 is 0. The molecule has 8 nitrogen and oxygen atoms in total. The van der Waals surface area contributed by atoms with Gasteiger partial charge in [0.05, 0.1) is 17.6 Å². The molecule has 0 radical (unpaired) electrons. The zero-order chi connectivity index (χ0) is 16.0. The van der Waals surface area contributed by atoms with Gasteiger partial charge < -0.3 is 20.1 Å². The van der Waals surface area contributed by atoms with Crippen LogP contribution in [0.5, 0.6) is 5.75 Å². The molecule has 1 unspecified atom stereocenters. The summed E-state index contributed by atoms with van der Waals surface area (Å²) in [5.41, 5.74) is -0.503. The first-order chi connectivity index (χ1) is 9.77. The van der Waals surface area contributed by atoms with Crippen molar-refractivity contribution in [3.63, 3.8) is 0 Å². The minimum Gasteiger partial charge on any atom is -0.507 e. The Labute approximate surface area is 122 Å². The predicted molar refractivity (Wildman–Crippen MR) is 72.8 cm³/mol. The average Bonchev–Trinajstić information content (AvgIpc) is 2.38. The molecule has 0 aliphatic rings. The third-order valence-corrected chi connectivity index (χ3v) is 4.10. The summed E-state index contributed by atoms with van der Waals surface area (Å²) in [7, 11) is -2.51. The van der Waals surface area contributed by atoms with E-state index in [1.165, 1.54) is 7.11 Å². The van der Waals surface area contributed by atoms with Crippen molar-refractivity contribution < 1.29 is 33.3 Å². The zero-order valence-corrected chi connectivity index (χ0v) is 12.1. The van der Waals surface area contributed by atoms with Gasteiger partial charge in [0.2, 0.25) is 10.0 Å². The Morgan fingerprint density at radius 1 is 1.43 bits per heavy atom. The molecule has 21 heavy (non-hydrogen) atoms. The van der Waals surface area contributed by atoms with Crippen molar-refractivity contribution in [2.24, 2.45) is 0 Å². The monoisotopic (exact) mass is 319 g/mol. The van der Waals surface area contributed by atoms with Crippen molar-refractivity contribution in [1.29, 1.82) is 0 Å². The molecule has 0 aromatic heterocycles. The van der Waals surface area contributed by atoms with Crippen LogP contribution >= 0.6 is 0 Å². The fourth-order valence-electron chi connectivity index (χ4n) is 1.57. The lowest BCUT2D eigenvalue weighted by Crippen LogP contribution is -2.28. The van der Waals surface area contributed by atoms with Gasteiger partial charge in [0, 0.05) is 13.7 Å². The van der Waals surface area contributed by atoms with Crippen LogP contribution in [0.1, 0.15) is 16.8 Å². The number of phenols is 1. The summed E-state index contributed by atoms with van der Waals surface area (Å²) in [6.07, 6.45) is -0.649. The summed E-state index contributed by atoms with van der Waals surface area (Å²) in [4.78, 5) is 10.6. The van der Waals surface area contributed by atoms with Gasteiger partial charge in [-0.2, -0.15) is 0 Å². The van der Waals surface area contributed by atoms with Crippen molar-refractivity contribution in [3.8, 4) is 5.75 Å². The summed E-state index contributed by atoms with van der Waals surface area (Å²) in [6, 6.07) is 2.96. The first kappa shape index (κ1) is 17.4. The second-order valence-corrected chi connectivity index (χ2v) is 6.05. The van der Waals surface area contributed by atoms with Crippen LogP contribution in [0.2, 0.25) is 0 Å². The van der Waals surface area contributed by atoms with Gasteiger partial charge in [-0.15, -0.1) is 0 Å². The summed E-state index contributed by atoms with van der Waals surface area (Å²) < 4.78 is 30.9. The highest BCUT2D eigenvalue weighted by atomic mass is 32.2. The Morgan fingerprint density at radius 3 is 2.67 bits per heavy atom. The van der Waals surface area contributed by atoms with Gasteiger partial charge >= 0.3 is 5.97 Å². The smallest absolute Gasteiger partial charge is 0.339 e. The first-order valence-electron chi connectivity index (χ1n) is 6.01. The van der Waals surface area contributed by atoms with Gasteiger partial charge in [0.25, 0.3) is 0 Å². The maximum Gasteiger partial charge on any atom is 0.339 e. The second kappa shape index (κ2) is 7.36. The molecular weight excluding hydrogens is 302 g/mol. The summed E-state index contributed by atoms with van der Waals surface area (Å²) in [6.45, 7) is 0.0558. The third kappa shape index (κ3) is 4.97. The number of benzene rings is 1. The highest BCUT2D eigenvalue weighted by molar-refractivity contribution is 7.89. The molecule has 0 bridgehead atoms. The Kier molecular flexibility index (Phi) is 6.09.